The van der Waals surface area contributed by atoms with Crippen LogP contribution in [-0.2, 0) is 12.8 Å². The molecular weight excluding hydrogens is 715 g/mol. The fraction of sp³-hybridized carbons (Fsp3) is 0.0357. The minimum atomic E-state index is 0.976. The highest BCUT2D eigenvalue weighted by atomic mass is 15.0. The quantitative estimate of drug-likeness (QED) is 0.166. The Bertz CT molecular complexity index is 3310. The van der Waals surface area contributed by atoms with Gasteiger partial charge in [-0.25, -0.2) is 0 Å². The third kappa shape index (κ3) is 4.76. The smallest absolute Gasteiger partial charge is 0.0564 e. The number of para-hydroxylation sites is 4. The van der Waals surface area contributed by atoms with E-state index < -0.39 is 0 Å². The van der Waals surface area contributed by atoms with Crippen LogP contribution in [0.15, 0.2) is 200 Å². The number of fused-ring (bicyclic) bond motifs is 6. The Hall–Kier alpha value is -7.62. The summed E-state index contributed by atoms with van der Waals surface area (Å²) in [6, 6.07) is 74.1. The molecule has 3 aromatic heterocycles. The first-order valence-electron chi connectivity index (χ1n) is 20.6. The van der Waals surface area contributed by atoms with Gasteiger partial charge in [0.1, 0.15) is 0 Å². The van der Waals surface area contributed by atoms with Crippen LogP contribution in [-0.4, -0.2) is 13.7 Å². The van der Waals surface area contributed by atoms with Crippen molar-refractivity contribution in [2.45, 2.75) is 12.8 Å². The van der Waals surface area contributed by atoms with Crippen LogP contribution < -0.4 is 0 Å². The number of hydrogen-bond acceptors (Lipinski definition) is 0. The zero-order chi connectivity index (χ0) is 38.6. The van der Waals surface area contributed by atoms with Crippen LogP contribution in [0.25, 0.3) is 105 Å². The van der Waals surface area contributed by atoms with Gasteiger partial charge in [0.05, 0.1) is 33.1 Å². The van der Waals surface area contributed by atoms with Crippen molar-refractivity contribution in [1.82, 2.24) is 13.7 Å². The number of rotatable bonds is 5. The first kappa shape index (κ1) is 32.5. The summed E-state index contributed by atoms with van der Waals surface area (Å²) in [5.74, 6) is 0. The largest absolute Gasteiger partial charge is 0.309 e. The maximum atomic E-state index is 2.58. The molecule has 0 radical (unpaired) electrons. The molecule has 0 spiro atoms. The van der Waals surface area contributed by atoms with Crippen LogP contribution in [0.4, 0.5) is 0 Å². The van der Waals surface area contributed by atoms with Gasteiger partial charge in [0.25, 0.3) is 0 Å². The lowest BCUT2D eigenvalue weighted by molar-refractivity contribution is 0.962. The Labute approximate surface area is 341 Å². The zero-order valence-electron chi connectivity index (χ0n) is 32.3. The summed E-state index contributed by atoms with van der Waals surface area (Å²) in [5, 5.41) is 7.84. The molecule has 3 heterocycles. The predicted octanol–water partition coefficient (Wildman–Crippen LogP) is 14.4. The van der Waals surface area contributed by atoms with Crippen LogP contribution in [0.1, 0.15) is 11.1 Å². The second-order valence-corrected chi connectivity index (χ2v) is 16.1. The number of aryl methyl sites for hydroxylation is 2. The van der Waals surface area contributed by atoms with E-state index in [0.717, 1.165) is 18.5 Å². The summed E-state index contributed by atoms with van der Waals surface area (Å²) in [5.41, 5.74) is 18.5. The van der Waals surface area contributed by atoms with Crippen molar-refractivity contribution >= 4 is 65.4 Å². The molecule has 3 nitrogen and oxygen atoms in total. The Morgan fingerprint density at radius 2 is 0.576 bits per heavy atom. The van der Waals surface area contributed by atoms with Crippen LogP contribution in [0.5, 0.6) is 0 Å². The van der Waals surface area contributed by atoms with Crippen LogP contribution in [0.2, 0.25) is 0 Å². The van der Waals surface area contributed by atoms with Crippen LogP contribution in [0, 0.1) is 0 Å². The van der Waals surface area contributed by atoms with Crippen molar-refractivity contribution in [3.05, 3.63) is 211 Å². The molecule has 0 atom stereocenters. The van der Waals surface area contributed by atoms with Crippen molar-refractivity contribution < 1.29 is 0 Å². The molecule has 1 aliphatic rings. The molecule has 1 aliphatic carbocycles. The number of aromatic nitrogens is 3. The Morgan fingerprint density at radius 3 is 0.966 bits per heavy atom. The van der Waals surface area contributed by atoms with Gasteiger partial charge >= 0.3 is 0 Å². The monoisotopic (exact) mass is 751 g/mol. The molecule has 12 aromatic rings. The van der Waals surface area contributed by atoms with Gasteiger partial charge in [-0.05, 0) is 113 Å². The molecule has 59 heavy (non-hydrogen) atoms. The number of hydrogen-bond donors (Lipinski definition) is 0. The maximum absolute atomic E-state index is 2.58. The molecule has 0 aliphatic heterocycles. The molecule has 0 bridgehead atoms. The van der Waals surface area contributed by atoms with E-state index in [4.69, 9.17) is 0 Å². The zero-order valence-corrected chi connectivity index (χ0v) is 32.3. The minimum absolute atomic E-state index is 0.976. The molecule has 0 fully saturated rings. The standard InChI is InChI=1S/C56H37N3/c1-3-15-36(16-4-1)40-29-41(37-17-5-2-6-18-37)33-42(32-40)59-53-34-43(57-49-23-11-7-19-45(49)46-20-8-12-24-50(46)57)30-38-27-28-39-31-44(35-54(59)56(39)55(38)53)58-51-25-13-9-21-47(51)48-22-10-14-26-52(48)58/h1-26,29-35H,27-28H2. The van der Waals surface area contributed by atoms with Gasteiger partial charge in [-0.15, -0.1) is 0 Å². The summed E-state index contributed by atoms with van der Waals surface area (Å²) in [6.07, 6.45) is 1.95. The third-order valence-electron chi connectivity index (χ3n) is 12.8. The molecule has 0 saturated carbocycles. The predicted molar refractivity (Wildman–Crippen MR) is 248 cm³/mol. The van der Waals surface area contributed by atoms with Gasteiger partial charge in [0.15, 0.2) is 0 Å². The highest BCUT2D eigenvalue weighted by Crippen LogP contribution is 2.45. The highest BCUT2D eigenvalue weighted by molar-refractivity contribution is 6.16. The van der Waals surface area contributed by atoms with Crippen molar-refractivity contribution in [3.8, 4) is 39.3 Å². The maximum Gasteiger partial charge on any atom is 0.0564 e. The Kier molecular flexibility index (Phi) is 6.84. The molecule has 0 unspecified atom stereocenters. The fourth-order valence-electron chi connectivity index (χ4n) is 10.3. The van der Waals surface area contributed by atoms with Gasteiger partial charge in [-0.3, -0.25) is 0 Å². The van der Waals surface area contributed by atoms with E-state index in [1.807, 2.05) is 0 Å². The molecule has 0 amide bonds. The van der Waals surface area contributed by atoms with E-state index >= 15 is 0 Å². The lowest BCUT2D eigenvalue weighted by Gasteiger charge is -2.17. The Morgan fingerprint density at radius 1 is 0.254 bits per heavy atom. The van der Waals surface area contributed by atoms with Gasteiger partial charge in [0.2, 0.25) is 0 Å². The topological polar surface area (TPSA) is 14.8 Å². The van der Waals surface area contributed by atoms with Gasteiger partial charge in [-0.1, -0.05) is 133 Å². The summed E-state index contributed by atoms with van der Waals surface area (Å²) in [7, 11) is 0. The molecule has 0 saturated heterocycles. The van der Waals surface area contributed by atoms with Crippen LogP contribution >= 0.6 is 0 Å². The van der Waals surface area contributed by atoms with E-state index in [1.165, 1.54) is 110 Å². The van der Waals surface area contributed by atoms with Gasteiger partial charge < -0.3 is 13.7 Å². The molecule has 3 heteroatoms. The van der Waals surface area contributed by atoms with Crippen molar-refractivity contribution in [2.24, 2.45) is 0 Å². The highest BCUT2D eigenvalue weighted by Gasteiger charge is 2.26. The van der Waals surface area contributed by atoms with Crippen LogP contribution in [0.3, 0.4) is 0 Å². The molecular formula is C56H37N3. The van der Waals surface area contributed by atoms with Crippen molar-refractivity contribution in [2.75, 3.05) is 0 Å². The van der Waals surface area contributed by atoms with Gasteiger partial charge in [-0.2, -0.15) is 0 Å². The second-order valence-electron chi connectivity index (χ2n) is 16.1. The van der Waals surface area contributed by atoms with E-state index in [2.05, 4.69) is 214 Å². The molecule has 9 aromatic carbocycles. The average Bonchev–Trinajstić information content (AvgIpc) is 3.94. The summed E-state index contributed by atoms with van der Waals surface area (Å²) >= 11 is 0. The van der Waals surface area contributed by atoms with E-state index in [1.54, 1.807) is 0 Å². The van der Waals surface area contributed by atoms with Crippen molar-refractivity contribution in [3.63, 3.8) is 0 Å². The van der Waals surface area contributed by atoms with E-state index in [0.29, 0.717) is 0 Å². The normalized spacial score (nSPS) is 12.6. The SMILES string of the molecule is c1ccc(-c2cc(-c3ccccc3)cc(-n3c4cc(-n5c6ccccc6c6ccccc65)cc5c4c4c(cc(-n6c7ccccc7c7ccccc76)cc43)CC5)c2)cc1. The lowest BCUT2D eigenvalue weighted by Crippen LogP contribution is -2.03. The fourth-order valence-corrected chi connectivity index (χ4v) is 10.3. The number of nitrogens with zero attached hydrogens (tertiary/aromatic N) is 3. The summed E-state index contributed by atoms with van der Waals surface area (Å²) < 4.78 is 7.55. The number of benzene rings is 9. The summed E-state index contributed by atoms with van der Waals surface area (Å²) in [6.45, 7) is 0. The molecule has 13 rings (SSSR count). The lowest BCUT2D eigenvalue weighted by atomic mass is 9.90. The second kappa shape index (κ2) is 12.4. The molecule has 0 N–H and O–H groups in total. The molecule has 276 valence electrons. The minimum Gasteiger partial charge on any atom is -0.309 e. The van der Waals surface area contributed by atoms with E-state index in [-0.39, 0.29) is 0 Å². The van der Waals surface area contributed by atoms with Crippen molar-refractivity contribution in [1.29, 1.82) is 0 Å². The van der Waals surface area contributed by atoms with Gasteiger partial charge in [0, 0.05) is 49.4 Å². The first-order valence-corrected chi connectivity index (χ1v) is 20.6. The Balaban J connectivity index is 1.18. The summed E-state index contributed by atoms with van der Waals surface area (Å²) in [4.78, 5) is 0. The average molecular weight is 752 g/mol. The third-order valence-corrected chi connectivity index (χ3v) is 12.8. The van der Waals surface area contributed by atoms with E-state index in [9.17, 15) is 0 Å². The first-order chi connectivity index (χ1) is 29.3.